The molecule has 1 aromatic rings. The van der Waals surface area contributed by atoms with Gasteiger partial charge in [-0.25, -0.2) is 0 Å². The van der Waals surface area contributed by atoms with Gasteiger partial charge in [-0.2, -0.15) is 5.10 Å². The molecule has 0 aliphatic heterocycles. The first kappa shape index (κ1) is 14.2. The van der Waals surface area contributed by atoms with Gasteiger partial charge < -0.3 is 10.1 Å². The van der Waals surface area contributed by atoms with Crippen LogP contribution in [0.25, 0.3) is 0 Å². The standard InChI is InChI=1S/C13H25N3O/c1-5-8-17-9-7-16-12(4)13(10-14-6-2)11(3)15-16/h14H,5-10H2,1-4H3. The summed E-state index contributed by atoms with van der Waals surface area (Å²) < 4.78 is 7.55. The molecule has 4 nitrogen and oxygen atoms in total. The van der Waals surface area contributed by atoms with E-state index in [0.29, 0.717) is 0 Å². The van der Waals surface area contributed by atoms with Crippen molar-refractivity contribution < 1.29 is 4.74 Å². The molecule has 0 amide bonds. The van der Waals surface area contributed by atoms with Crippen molar-refractivity contribution in [3.05, 3.63) is 17.0 Å². The average Bonchev–Trinajstić information content (AvgIpc) is 2.58. The fourth-order valence-electron chi connectivity index (χ4n) is 1.85. The van der Waals surface area contributed by atoms with E-state index in [0.717, 1.165) is 45.0 Å². The first-order valence-electron chi connectivity index (χ1n) is 6.52. The SMILES string of the molecule is CCCOCCn1nc(C)c(CNCC)c1C. The van der Waals surface area contributed by atoms with Crippen molar-refractivity contribution in [2.75, 3.05) is 19.8 Å². The first-order chi connectivity index (χ1) is 8.20. The lowest BCUT2D eigenvalue weighted by Gasteiger charge is -2.06. The third-order valence-electron chi connectivity index (χ3n) is 2.88. The van der Waals surface area contributed by atoms with E-state index in [2.05, 4.69) is 42.8 Å². The zero-order chi connectivity index (χ0) is 12.7. The number of hydrogen-bond donors (Lipinski definition) is 1. The smallest absolute Gasteiger partial charge is 0.0662 e. The van der Waals surface area contributed by atoms with Crippen LogP contribution in [0.1, 0.15) is 37.2 Å². The Morgan fingerprint density at radius 3 is 2.65 bits per heavy atom. The second kappa shape index (κ2) is 7.45. The number of nitrogens with zero attached hydrogens (tertiary/aromatic N) is 2. The summed E-state index contributed by atoms with van der Waals surface area (Å²) in [4.78, 5) is 0. The van der Waals surface area contributed by atoms with Crippen molar-refractivity contribution in [2.24, 2.45) is 0 Å². The van der Waals surface area contributed by atoms with E-state index >= 15 is 0 Å². The quantitative estimate of drug-likeness (QED) is 0.706. The van der Waals surface area contributed by atoms with Crippen LogP contribution in [0.15, 0.2) is 0 Å². The van der Waals surface area contributed by atoms with Crippen LogP contribution >= 0.6 is 0 Å². The van der Waals surface area contributed by atoms with Gasteiger partial charge in [-0.3, -0.25) is 4.68 Å². The molecule has 0 unspecified atom stereocenters. The van der Waals surface area contributed by atoms with Crippen LogP contribution in [0.3, 0.4) is 0 Å². The van der Waals surface area contributed by atoms with Crippen LogP contribution in [0, 0.1) is 13.8 Å². The summed E-state index contributed by atoms with van der Waals surface area (Å²) in [6.07, 6.45) is 1.07. The predicted octanol–water partition coefficient (Wildman–Crippen LogP) is 2.04. The van der Waals surface area contributed by atoms with Crippen molar-refractivity contribution in [2.45, 2.75) is 47.2 Å². The molecule has 1 aromatic heterocycles. The molecule has 0 atom stereocenters. The molecule has 0 radical (unpaired) electrons. The summed E-state index contributed by atoms with van der Waals surface area (Å²) in [5.41, 5.74) is 3.70. The van der Waals surface area contributed by atoms with E-state index in [1.165, 1.54) is 11.3 Å². The minimum Gasteiger partial charge on any atom is -0.380 e. The Balaban J connectivity index is 2.55. The summed E-state index contributed by atoms with van der Waals surface area (Å²) in [6.45, 7) is 12.8. The largest absolute Gasteiger partial charge is 0.380 e. The van der Waals surface area contributed by atoms with Gasteiger partial charge in [-0.15, -0.1) is 0 Å². The number of aromatic nitrogens is 2. The minimum absolute atomic E-state index is 0.746. The van der Waals surface area contributed by atoms with Crippen molar-refractivity contribution in [1.82, 2.24) is 15.1 Å². The number of rotatable bonds is 8. The highest BCUT2D eigenvalue weighted by Crippen LogP contribution is 2.12. The maximum absolute atomic E-state index is 5.50. The Morgan fingerprint density at radius 1 is 1.24 bits per heavy atom. The van der Waals surface area contributed by atoms with Gasteiger partial charge in [-0.05, 0) is 26.8 Å². The molecule has 0 spiro atoms. The van der Waals surface area contributed by atoms with E-state index in [-0.39, 0.29) is 0 Å². The van der Waals surface area contributed by atoms with Crippen molar-refractivity contribution in [3.8, 4) is 0 Å². The molecular weight excluding hydrogens is 214 g/mol. The van der Waals surface area contributed by atoms with Gasteiger partial charge in [0.25, 0.3) is 0 Å². The molecule has 0 fully saturated rings. The Kier molecular flexibility index (Phi) is 6.22. The van der Waals surface area contributed by atoms with Gasteiger partial charge in [0.15, 0.2) is 0 Å². The summed E-state index contributed by atoms with van der Waals surface area (Å²) in [5.74, 6) is 0. The molecule has 0 bridgehead atoms. The Labute approximate surface area is 104 Å². The van der Waals surface area contributed by atoms with Crippen molar-refractivity contribution >= 4 is 0 Å². The van der Waals surface area contributed by atoms with Crippen LogP contribution < -0.4 is 5.32 Å². The van der Waals surface area contributed by atoms with E-state index in [1.54, 1.807) is 0 Å². The maximum atomic E-state index is 5.50. The maximum Gasteiger partial charge on any atom is 0.0662 e. The summed E-state index contributed by atoms with van der Waals surface area (Å²) in [6, 6.07) is 0. The molecule has 4 heteroatoms. The summed E-state index contributed by atoms with van der Waals surface area (Å²) >= 11 is 0. The first-order valence-corrected chi connectivity index (χ1v) is 6.52. The second-order valence-corrected chi connectivity index (χ2v) is 4.27. The predicted molar refractivity (Wildman–Crippen MR) is 70.2 cm³/mol. The number of aryl methyl sites for hydroxylation is 1. The summed E-state index contributed by atoms with van der Waals surface area (Å²) in [5, 5.41) is 7.91. The van der Waals surface area contributed by atoms with Crippen LogP contribution in [-0.2, 0) is 17.8 Å². The highest BCUT2D eigenvalue weighted by molar-refractivity contribution is 5.24. The van der Waals surface area contributed by atoms with E-state index in [9.17, 15) is 0 Å². The molecule has 17 heavy (non-hydrogen) atoms. The molecule has 98 valence electrons. The lowest BCUT2D eigenvalue weighted by atomic mass is 10.2. The number of ether oxygens (including phenoxy) is 1. The van der Waals surface area contributed by atoms with Crippen LogP contribution in [0.2, 0.25) is 0 Å². The Bertz CT molecular complexity index is 334. The van der Waals surface area contributed by atoms with Crippen LogP contribution in [0.4, 0.5) is 0 Å². The second-order valence-electron chi connectivity index (χ2n) is 4.27. The highest BCUT2D eigenvalue weighted by atomic mass is 16.5. The Hall–Kier alpha value is -0.870. The molecule has 1 heterocycles. The molecule has 0 aliphatic carbocycles. The molecule has 0 saturated heterocycles. The molecule has 1 N–H and O–H groups in total. The lowest BCUT2D eigenvalue weighted by Crippen LogP contribution is -2.14. The average molecular weight is 239 g/mol. The van der Waals surface area contributed by atoms with Gasteiger partial charge in [0.05, 0.1) is 18.8 Å². The third-order valence-corrected chi connectivity index (χ3v) is 2.88. The fourth-order valence-corrected chi connectivity index (χ4v) is 1.85. The van der Waals surface area contributed by atoms with Crippen molar-refractivity contribution in [3.63, 3.8) is 0 Å². The summed E-state index contributed by atoms with van der Waals surface area (Å²) in [7, 11) is 0. The lowest BCUT2D eigenvalue weighted by molar-refractivity contribution is 0.124. The molecule has 0 aliphatic rings. The fraction of sp³-hybridized carbons (Fsp3) is 0.769. The van der Waals surface area contributed by atoms with Gasteiger partial charge in [-0.1, -0.05) is 13.8 Å². The van der Waals surface area contributed by atoms with Crippen molar-refractivity contribution in [1.29, 1.82) is 0 Å². The molecule has 0 aromatic carbocycles. The van der Waals surface area contributed by atoms with E-state index in [1.807, 2.05) is 0 Å². The highest BCUT2D eigenvalue weighted by Gasteiger charge is 2.10. The number of nitrogens with one attached hydrogen (secondary N) is 1. The molecule has 1 rings (SSSR count). The van der Waals surface area contributed by atoms with E-state index in [4.69, 9.17) is 4.74 Å². The zero-order valence-electron chi connectivity index (χ0n) is 11.5. The number of hydrogen-bond acceptors (Lipinski definition) is 3. The van der Waals surface area contributed by atoms with E-state index < -0.39 is 0 Å². The minimum atomic E-state index is 0.746. The molecule has 0 saturated carbocycles. The van der Waals surface area contributed by atoms with Gasteiger partial charge >= 0.3 is 0 Å². The van der Waals surface area contributed by atoms with Crippen LogP contribution in [-0.4, -0.2) is 29.5 Å². The zero-order valence-corrected chi connectivity index (χ0v) is 11.5. The monoisotopic (exact) mass is 239 g/mol. The Morgan fingerprint density at radius 2 is 2.00 bits per heavy atom. The van der Waals surface area contributed by atoms with Gasteiger partial charge in [0.2, 0.25) is 0 Å². The van der Waals surface area contributed by atoms with Crippen LogP contribution in [0.5, 0.6) is 0 Å². The molecular formula is C13H25N3O. The third kappa shape index (κ3) is 4.13. The topological polar surface area (TPSA) is 39.1 Å². The van der Waals surface area contributed by atoms with Gasteiger partial charge in [0, 0.05) is 24.4 Å². The van der Waals surface area contributed by atoms with Gasteiger partial charge in [0.1, 0.15) is 0 Å². The normalized spacial score (nSPS) is 11.1.